The number of ether oxygens (including phenoxy) is 1. The Bertz CT molecular complexity index is 806. The van der Waals surface area contributed by atoms with Crippen LogP contribution in [0.15, 0.2) is 28.8 Å². The average molecular weight is 370 g/mol. The van der Waals surface area contributed by atoms with Gasteiger partial charge in [-0.15, -0.1) is 0 Å². The topological polar surface area (TPSA) is 71.7 Å². The maximum Gasteiger partial charge on any atom is 0.226 e. The highest BCUT2D eigenvalue weighted by Gasteiger charge is 2.40. The number of aryl methyl sites for hydroxylation is 1. The van der Waals surface area contributed by atoms with Gasteiger partial charge in [-0.25, -0.2) is 0 Å². The summed E-state index contributed by atoms with van der Waals surface area (Å²) in [6.07, 6.45) is 3.05. The first-order chi connectivity index (χ1) is 13.2. The summed E-state index contributed by atoms with van der Waals surface area (Å²) in [5.41, 5.74) is 0.804. The first-order valence-electron chi connectivity index (χ1n) is 9.59. The van der Waals surface area contributed by atoms with Crippen molar-refractivity contribution >= 4 is 5.91 Å². The SMILES string of the molecule is COc1ccccc1-c1noc(CCCC(=O)N2C[C@@H]3CCN(C)[C@@H]3C2)n1. The minimum Gasteiger partial charge on any atom is -0.496 e. The monoisotopic (exact) mass is 370 g/mol. The molecule has 0 spiro atoms. The van der Waals surface area contributed by atoms with E-state index in [-0.39, 0.29) is 5.91 Å². The van der Waals surface area contributed by atoms with E-state index in [2.05, 4.69) is 22.1 Å². The van der Waals surface area contributed by atoms with Crippen LogP contribution >= 0.6 is 0 Å². The lowest BCUT2D eigenvalue weighted by Gasteiger charge is -2.20. The maximum atomic E-state index is 12.5. The zero-order valence-corrected chi connectivity index (χ0v) is 15.9. The van der Waals surface area contributed by atoms with E-state index in [1.165, 1.54) is 6.42 Å². The second-order valence-corrected chi connectivity index (χ2v) is 7.46. The van der Waals surface area contributed by atoms with E-state index in [9.17, 15) is 4.79 Å². The number of fused-ring (bicyclic) bond motifs is 1. The highest BCUT2D eigenvalue weighted by atomic mass is 16.5. The number of carbonyl (C=O) groups excluding carboxylic acids is 1. The van der Waals surface area contributed by atoms with E-state index in [0.717, 1.165) is 25.2 Å². The molecule has 1 aromatic carbocycles. The summed E-state index contributed by atoms with van der Waals surface area (Å²) in [4.78, 5) is 21.4. The second-order valence-electron chi connectivity index (χ2n) is 7.46. The van der Waals surface area contributed by atoms with Gasteiger partial charge in [-0.3, -0.25) is 4.79 Å². The minimum absolute atomic E-state index is 0.238. The van der Waals surface area contributed by atoms with Crippen molar-refractivity contribution in [1.82, 2.24) is 19.9 Å². The Morgan fingerprint density at radius 1 is 1.33 bits per heavy atom. The minimum atomic E-state index is 0.238. The fourth-order valence-electron chi connectivity index (χ4n) is 4.22. The summed E-state index contributed by atoms with van der Waals surface area (Å²) in [6.45, 7) is 2.94. The van der Waals surface area contributed by atoms with Crippen LogP contribution in [-0.2, 0) is 11.2 Å². The van der Waals surface area contributed by atoms with Crippen LogP contribution in [-0.4, -0.2) is 65.7 Å². The standard InChI is InChI=1S/C20H26N4O3/c1-23-11-10-14-12-24(13-16(14)23)19(25)9-5-8-18-21-20(22-27-18)15-6-3-4-7-17(15)26-2/h3-4,6-7,14,16H,5,8-13H2,1-2H3/t14-,16+/m0/s1. The summed E-state index contributed by atoms with van der Waals surface area (Å²) in [5, 5.41) is 4.05. The van der Waals surface area contributed by atoms with Crippen molar-refractivity contribution in [2.75, 3.05) is 33.8 Å². The molecule has 0 aliphatic carbocycles. The van der Waals surface area contributed by atoms with Crippen LogP contribution in [0.25, 0.3) is 11.4 Å². The normalized spacial score (nSPS) is 22.2. The molecule has 2 fully saturated rings. The Hall–Kier alpha value is -2.41. The molecular weight excluding hydrogens is 344 g/mol. The molecule has 2 aliphatic heterocycles. The highest BCUT2D eigenvalue weighted by Crippen LogP contribution is 2.31. The molecule has 144 valence electrons. The first-order valence-corrected chi connectivity index (χ1v) is 9.59. The lowest BCUT2D eigenvalue weighted by Crippen LogP contribution is -2.34. The van der Waals surface area contributed by atoms with Crippen molar-refractivity contribution in [2.45, 2.75) is 31.7 Å². The van der Waals surface area contributed by atoms with Crippen molar-refractivity contribution in [3.05, 3.63) is 30.2 Å². The number of likely N-dealkylation sites (N-methyl/N-ethyl adjacent to an activating group) is 1. The van der Waals surface area contributed by atoms with Crippen molar-refractivity contribution in [3.63, 3.8) is 0 Å². The van der Waals surface area contributed by atoms with Gasteiger partial charge in [0, 0.05) is 32.0 Å². The summed E-state index contributed by atoms with van der Waals surface area (Å²) in [5.74, 6) is 2.68. The van der Waals surface area contributed by atoms with Crippen LogP contribution < -0.4 is 4.74 Å². The molecule has 0 N–H and O–H groups in total. The number of hydrogen-bond acceptors (Lipinski definition) is 6. The number of likely N-dealkylation sites (tertiary alicyclic amines) is 2. The van der Waals surface area contributed by atoms with Crippen LogP contribution in [0.2, 0.25) is 0 Å². The lowest BCUT2D eigenvalue weighted by atomic mass is 10.1. The van der Waals surface area contributed by atoms with E-state index in [1.54, 1.807) is 7.11 Å². The van der Waals surface area contributed by atoms with E-state index in [0.29, 0.717) is 48.7 Å². The molecule has 0 bridgehead atoms. The molecule has 2 aromatic rings. The van der Waals surface area contributed by atoms with E-state index in [1.807, 2.05) is 29.2 Å². The van der Waals surface area contributed by atoms with Gasteiger partial charge in [0.05, 0.1) is 12.7 Å². The number of benzene rings is 1. The van der Waals surface area contributed by atoms with E-state index in [4.69, 9.17) is 9.26 Å². The Morgan fingerprint density at radius 2 is 2.19 bits per heavy atom. The molecule has 7 nitrogen and oxygen atoms in total. The highest BCUT2D eigenvalue weighted by molar-refractivity contribution is 5.76. The van der Waals surface area contributed by atoms with E-state index >= 15 is 0 Å². The molecule has 0 unspecified atom stereocenters. The lowest BCUT2D eigenvalue weighted by molar-refractivity contribution is -0.130. The number of hydrogen-bond donors (Lipinski definition) is 0. The summed E-state index contributed by atoms with van der Waals surface area (Å²) in [6, 6.07) is 8.13. The van der Waals surface area contributed by atoms with Crippen molar-refractivity contribution in [1.29, 1.82) is 0 Å². The molecule has 4 rings (SSSR count). The van der Waals surface area contributed by atoms with Crippen LogP contribution in [0.1, 0.15) is 25.2 Å². The third kappa shape index (κ3) is 3.69. The number of carbonyl (C=O) groups is 1. The quantitative estimate of drug-likeness (QED) is 0.777. The Balaban J connectivity index is 1.29. The fourth-order valence-corrected chi connectivity index (χ4v) is 4.22. The van der Waals surface area contributed by atoms with Gasteiger partial charge in [0.2, 0.25) is 17.6 Å². The van der Waals surface area contributed by atoms with Crippen LogP contribution in [0.3, 0.4) is 0 Å². The number of rotatable bonds is 6. The smallest absolute Gasteiger partial charge is 0.226 e. The van der Waals surface area contributed by atoms with Crippen LogP contribution in [0.5, 0.6) is 5.75 Å². The van der Waals surface area contributed by atoms with Crippen molar-refractivity contribution in [3.8, 4) is 17.1 Å². The van der Waals surface area contributed by atoms with Gasteiger partial charge in [0.15, 0.2) is 0 Å². The maximum absolute atomic E-state index is 12.5. The van der Waals surface area contributed by atoms with Crippen molar-refractivity contribution < 1.29 is 14.1 Å². The summed E-state index contributed by atoms with van der Waals surface area (Å²) in [7, 11) is 3.78. The molecule has 1 aromatic heterocycles. The van der Waals surface area contributed by atoms with Gasteiger partial charge in [0.1, 0.15) is 5.75 Å². The molecule has 0 saturated carbocycles. The Morgan fingerprint density at radius 3 is 3.00 bits per heavy atom. The molecule has 3 heterocycles. The van der Waals surface area contributed by atoms with Gasteiger partial charge < -0.3 is 19.1 Å². The zero-order valence-electron chi connectivity index (χ0n) is 15.9. The number of para-hydroxylation sites is 1. The predicted octanol–water partition coefficient (Wildman–Crippen LogP) is 2.23. The molecule has 2 atom stereocenters. The molecular formula is C20H26N4O3. The fraction of sp³-hybridized carbons (Fsp3) is 0.550. The first kappa shape index (κ1) is 18.0. The van der Waals surface area contributed by atoms with Gasteiger partial charge in [0.25, 0.3) is 0 Å². The summed E-state index contributed by atoms with van der Waals surface area (Å²) >= 11 is 0. The van der Waals surface area contributed by atoms with Crippen LogP contribution in [0, 0.1) is 5.92 Å². The average Bonchev–Trinajstić information content (AvgIpc) is 3.39. The molecule has 2 saturated heterocycles. The predicted molar refractivity (Wildman–Crippen MR) is 100 cm³/mol. The summed E-state index contributed by atoms with van der Waals surface area (Å²) < 4.78 is 10.7. The van der Waals surface area contributed by atoms with E-state index < -0.39 is 0 Å². The number of aromatic nitrogens is 2. The van der Waals surface area contributed by atoms with Gasteiger partial charge in [-0.1, -0.05) is 17.3 Å². The van der Waals surface area contributed by atoms with Gasteiger partial charge in [-0.2, -0.15) is 4.98 Å². The molecule has 1 amide bonds. The molecule has 27 heavy (non-hydrogen) atoms. The van der Waals surface area contributed by atoms with Crippen molar-refractivity contribution in [2.24, 2.45) is 5.92 Å². The third-order valence-corrected chi connectivity index (χ3v) is 5.78. The largest absolute Gasteiger partial charge is 0.496 e. The second kappa shape index (κ2) is 7.68. The third-order valence-electron chi connectivity index (χ3n) is 5.78. The molecule has 0 radical (unpaired) electrons. The van der Waals surface area contributed by atoms with Crippen LogP contribution in [0.4, 0.5) is 0 Å². The number of amides is 1. The number of nitrogens with zero attached hydrogens (tertiary/aromatic N) is 4. The Labute approximate surface area is 159 Å². The van der Waals surface area contributed by atoms with Gasteiger partial charge in [-0.05, 0) is 44.5 Å². The zero-order chi connectivity index (χ0) is 18.8. The Kier molecular flexibility index (Phi) is 5.11. The molecule has 2 aliphatic rings. The molecule has 7 heteroatoms. The van der Waals surface area contributed by atoms with Gasteiger partial charge >= 0.3 is 0 Å². The number of methoxy groups -OCH3 is 1.